The first kappa shape index (κ1) is 14.2. The molecule has 1 aliphatic carbocycles. The Morgan fingerprint density at radius 1 is 1.56 bits per heavy atom. The van der Waals surface area contributed by atoms with Crippen molar-refractivity contribution in [2.75, 3.05) is 5.32 Å². The van der Waals surface area contributed by atoms with Gasteiger partial charge < -0.3 is 5.32 Å². The Morgan fingerprint density at radius 2 is 2.22 bits per heavy atom. The number of hydrogen-bond donors (Lipinski definition) is 1. The van der Waals surface area contributed by atoms with Gasteiger partial charge in [0.1, 0.15) is 0 Å². The summed E-state index contributed by atoms with van der Waals surface area (Å²) in [6.45, 7) is 6.13. The van der Waals surface area contributed by atoms with Gasteiger partial charge in [-0.1, -0.05) is 19.9 Å². The third-order valence-electron chi connectivity index (χ3n) is 3.35. The third kappa shape index (κ3) is 2.86. The number of amides is 1. The average Bonchev–Trinajstić information content (AvgIpc) is 2.56. The van der Waals surface area contributed by atoms with Crippen molar-refractivity contribution in [2.24, 2.45) is 17.3 Å². The Hall–Kier alpha value is -0.200. The molecule has 1 aromatic heterocycles. The van der Waals surface area contributed by atoms with Gasteiger partial charge in [-0.25, -0.2) is 4.98 Å². The van der Waals surface area contributed by atoms with Crippen molar-refractivity contribution in [3.05, 3.63) is 20.5 Å². The van der Waals surface area contributed by atoms with E-state index in [0.717, 1.165) is 9.09 Å². The van der Waals surface area contributed by atoms with Crippen LogP contribution in [0.2, 0.25) is 0 Å². The van der Waals surface area contributed by atoms with Crippen molar-refractivity contribution >= 4 is 54.2 Å². The minimum Gasteiger partial charge on any atom is -0.302 e. The van der Waals surface area contributed by atoms with Crippen molar-refractivity contribution in [2.45, 2.75) is 20.8 Å². The molecule has 98 valence electrons. The molecule has 1 heterocycles. The number of carbonyl (C=O) groups excluding carboxylic acids is 1. The molecule has 6 heteroatoms. The molecule has 3 nitrogen and oxygen atoms in total. The van der Waals surface area contributed by atoms with Crippen LogP contribution in [0.25, 0.3) is 0 Å². The minimum atomic E-state index is 0.00315. The van der Waals surface area contributed by atoms with E-state index in [2.05, 4.69) is 56.0 Å². The number of anilines is 1. The summed E-state index contributed by atoms with van der Waals surface area (Å²) in [7, 11) is 0. The fraction of sp³-hybridized carbons (Fsp3) is 0.500. The van der Waals surface area contributed by atoms with Gasteiger partial charge in [-0.15, -0.1) is 11.3 Å². The molecule has 0 aromatic carbocycles. The molecule has 18 heavy (non-hydrogen) atoms. The molecule has 0 bridgehead atoms. The molecule has 1 N–H and O–H groups in total. The van der Waals surface area contributed by atoms with Crippen LogP contribution >= 0.6 is 43.2 Å². The largest absolute Gasteiger partial charge is 0.302 e. The quantitative estimate of drug-likeness (QED) is 0.831. The topological polar surface area (TPSA) is 42.0 Å². The fourth-order valence-electron chi connectivity index (χ4n) is 2.22. The summed E-state index contributed by atoms with van der Waals surface area (Å²) in [6, 6.07) is 0. The van der Waals surface area contributed by atoms with Crippen molar-refractivity contribution in [3.63, 3.8) is 0 Å². The Labute approximate surface area is 127 Å². The predicted molar refractivity (Wildman–Crippen MR) is 82.2 cm³/mol. The zero-order valence-electron chi connectivity index (χ0n) is 10.3. The Kier molecular flexibility index (Phi) is 3.99. The van der Waals surface area contributed by atoms with Crippen LogP contribution in [0.15, 0.2) is 14.8 Å². The van der Waals surface area contributed by atoms with Crippen molar-refractivity contribution in [1.82, 2.24) is 4.98 Å². The fourth-order valence-corrected chi connectivity index (χ4v) is 3.48. The summed E-state index contributed by atoms with van der Waals surface area (Å²) in [5.74, 6) is 0.316. The first-order valence-corrected chi connectivity index (χ1v) is 8.04. The molecule has 0 spiro atoms. The van der Waals surface area contributed by atoms with Crippen LogP contribution in [0.3, 0.4) is 0 Å². The maximum atomic E-state index is 12.2. The Bertz CT molecular complexity index is 506. The lowest BCUT2D eigenvalue weighted by molar-refractivity contribution is -0.118. The van der Waals surface area contributed by atoms with Gasteiger partial charge in [0.2, 0.25) is 5.91 Å². The number of hydrogen-bond acceptors (Lipinski definition) is 3. The second kappa shape index (κ2) is 5.06. The van der Waals surface area contributed by atoms with Crippen LogP contribution in [0, 0.1) is 24.2 Å². The number of nitrogens with one attached hydrogen (secondary N) is 1. The molecule has 1 amide bonds. The van der Waals surface area contributed by atoms with Gasteiger partial charge in [-0.3, -0.25) is 4.79 Å². The highest BCUT2D eigenvalue weighted by Crippen LogP contribution is 2.60. The van der Waals surface area contributed by atoms with Crippen LogP contribution in [0.5, 0.6) is 0 Å². The molecule has 2 rings (SSSR count). The van der Waals surface area contributed by atoms with Crippen LogP contribution in [-0.4, -0.2) is 10.9 Å². The Balaban J connectivity index is 2.05. The summed E-state index contributed by atoms with van der Waals surface area (Å²) < 4.78 is 0.897. The number of aryl methyl sites for hydroxylation is 1. The number of aromatic nitrogens is 1. The average molecular weight is 394 g/mol. The highest BCUT2D eigenvalue weighted by atomic mass is 79.9. The van der Waals surface area contributed by atoms with E-state index in [4.69, 9.17) is 0 Å². The molecule has 2 unspecified atom stereocenters. The van der Waals surface area contributed by atoms with E-state index in [9.17, 15) is 4.79 Å². The number of carbonyl (C=O) groups is 1. The molecular formula is C12H14Br2N2OS. The summed E-state index contributed by atoms with van der Waals surface area (Å²) >= 11 is 8.16. The van der Waals surface area contributed by atoms with Crippen LogP contribution < -0.4 is 5.32 Å². The van der Waals surface area contributed by atoms with Crippen molar-refractivity contribution < 1.29 is 4.79 Å². The smallest absolute Gasteiger partial charge is 0.230 e. The normalized spacial score (nSPS) is 24.5. The SMILES string of the molecule is Cc1csc(NC(=O)C2C(C=C(Br)Br)C2(C)C)n1. The first-order valence-electron chi connectivity index (χ1n) is 5.58. The Morgan fingerprint density at radius 3 is 2.72 bits per heavy atom. The maximum absolute atomic E-state index is 12.2. The molecule has 0 radical (unpaired) electrons. The lowest BCUT2D eigenvalue weighted by Gasteiger charge is -2.02. The van der Waals surface area contributed by atoms with E-state index in [1.165, 1.54) is 11.3 Å². The molecule has 1 aliphatic rings. The highest BCUT2D eigenvalue weighted by Gasteiger charge is 2.60. The maximum Gasteiger partial charge on any atom is 0.230 e. The minimum absolute atomic E-state index is 0.00315. The van der Waals surface area contributed by atoms with Crippen LogP contribution in [0.1, 0.15) is 19.5 Å². The number of allylic oxidation sites excluding steroid dienone is 1. The number of halogens is 2. The van der Waals surface area contributed by atoms with Crippen LogP contribution in [0.4, 0.5) is 5.13 Å². The van der Waals surface area contributed by atoms with Crippen LogP contribution in [-0.2, 0) is 4.79 Å². The van der Waals surface area contributed by atoms with E-state index >= 15 is 0 Å². The third-order valence-corrected chi connectivity index (χ3v) is 4.75. The zero-order valence-corrected chi connectivity index (χ0v) is 14.3. The molecule has 1 aromatic rings. The van der Waals surface area contributed by atoms with Crippen molar-refractivity contribution in [1.29, 1.82) is 0 Å². The summed E-state index contributed by atoms with van der Waals surface area (Å²) in [5, 5.41) is 5.50. The summed E-state index contributed by atoms with van der Waals surface area (Å²) in [4.78, 5) is 16.4. The van der Waals surface area contributed by atoms with E-state index < -0.39 is 0 Å². The molecule has 0 saturated heterocycles. The number of nitrogens with zero attached hydrogens (tertiary/aromatic N) is 1. The van der Waals surface area contributed by atoms with Gasteiger partial charge in [-0.05, 0) is 50.1 Å². The van der Waals surface area contributed by atoms with Gasteiger partial charge in [0.25, 0.3) is 0 Å². The monoisotopic (exact) mass is 392 g/mol. The molecule has 1 saturated carbocycles. The lowest BCUT2D eigenvalue weighted by Crippen LogP contribution is -2.16. The van der Waals surface area contributed by atoms with Gasteiger partial charge in [0, 0.05) is 5.38 Å². The second-order valence-corrected chi connectivity index (χ2v) is 8.70. The predicted octanol–water partition coefficient (Wildman–Crippen LogP) is 4.29. The van der Waals surface area contributed by atoms with Gasteiger partial charge in [0.05, 0.1) is 15.0 Å². The first-order chi connectivity index (χ1) is 8.32. The molecule has 2 atom stereocenters. The lowest BCUT2D eigenvalue weighted by atomic mass is 10.1. The van der Waals surface area contributed by atoms with E-state index in [1.54, 1.807) is 0 Å². The summed E-state index contributed by atoms with van der Waals surface area (Å²) in [5.41, 5.74) is 0.938. The molecule has 0 aliphatic heterocycles. The van der Waals surface area contributed by atoms with E-state index in [1.807, 2.05) is 18.4 Å². The number of thiazole rings is 1. The number of rotatable bonds is 3. The highest BCUT2D eigenvalue weighted by molar-refractivity contribution is 9.28. The van der Waals surface area contributed by atoms with E-state index in [0.29, 0.717) is 5.13 Å². The zero-order chi connectivity index (χ0) is 13.5. The van der Waals surface area contributed by atoms with Gasteiger partial charge in [0.15, 0.2) is 5.13 Å². The molecule has 1 fully saturated rings. The summed E-state index contributed by atoms with van der Waals surface area (Å²) in [6.07, 6.45) is 2.04. The second-order valence-electron chi connectivity index (χ2n) is 5.06. The van der Waals surface area contributed by atoms with E-state index in [-0.39, 0.29) is 23.2 Å². The van der Waals surface area contributed by atoms with Gasteiger partial charge >= 0.3 is 0 Å². The standard InChI is InChI=1S/C12H14Br2N2OS/c1-6-5-18-11(15-6)16-10(17)9-7(4-8(13)14)12(9,2)3/h4-5,7,9H,1-3H3,(H,15,16,17). The van der Waals surface area contributed by atoms with Gasteiger partial charge in [-0.2, -0.15) is 0 Å². The van der Waals surface area contributed by atoms with Crippen molar-refractivity contribution in [3.8, 4) is 0 Å². The molecular weight excluding hydrogens is 380 g/mol.